The van der Waals surface area contributed by atoms with Gasteiger partial charge in [0, 0.05) is 44.1 Å². The number of aromatic nitrogens is 1. The molecule has 2 aromatic rings. The molecule has 174 valence electrons. The van der Waals surface area contributed by atoms with Crippen LogP contribution in [-0.4, -0.2) is 85.2 Å². The highest BCUT2D eigenvalue weighted by Crippen LogP contribution is 2.40. The third kappa shape index (κ3) is 4.55. The average molecular weight is 453 g/mol. The van der Waals surface area contributed by atoms with Gasteiger partial charge < -0.3 is 24.2 Å². The number of methoxy groups -OCH3 is 2. The molecule has 1 atom stereocenters. The Hall–Kier alpha value is -3.43. The van der Waals surface area contributed by atoms with E-state index in [4.69, 9.17) is 14.2 Å². The second-order valence-corrected chi connectivity index (χ2v) is 7.80. The zero-order chi connectivity index (χ0) is 23.4. The van der Waals surface area contributed by atoms with Gasteiger partial charge in [0.15, 0.2) is 11.5 Å². The molecule has 0 bridgehead atoms. The summed E-state index contributed by atoms with van der Waals surface area (Å²) in [6.45, 7) is 3.79. The summed E-state index contributed by atoms with van der Waals surface area (Å²) >= 11 is 0. The van der Waals surface area contributed by atoms with Crippen LogP contribution in [0.25, 0.3) is 5.76 Å². The molecule has 2 aliphatic heterocycles. The summed E-state index contributed by atoms with van der Waals surface area (Å²) in [5.41, 5.74) is 1.10. The normalized spacial score (nSPS) is 20.8. The number of benzene rings is 1. The Kier molecular flexibility index (Phi) is 6.90. The van der Waals surface area contributed by atoms with Crippen molar-refractivity contribution in [3.05, 3.63) is 59.4 Å². The highest BCUT2D eigenvalue weighted by Gasteiger charge is 2.46. The van der Waals surface area contributed by atoms with Crippen LogP contribution in [0.3, 0.4) is 0 Å². The lowest BCUT2D eigenvalue weighted by molar-refractivity contribution is -0.140. The topological polar surface area (TPSA) is 101 Å². The van der Waals surface area contributed by atoms with Crippen LogP contribution >= 0.6 is 0 Å². The van der Waals surface area contributed by atoms with E-state index in [1.165, 1.54) is 19.1 Å². The molecular formula is C24H27N3O6. The van der Waals surface area contributed by atoms with E-state index in [0.717, 1.165) is 13.1 Å². The quantitative estimate of drug-likeness (QED) is 0.385. The molecular weight excluding hydrogens is 426 g/mol. The summed E-state index contributed by atoms with van der Waals surface area (Å²) < 4.78 is 16.0. The number of likely N-dealkylation sites (tertiary alicyclic amines) is 1. The standard InChI is InChI=1S/C24H27N3O6/c1-31-18-4-3-17(15-19(18)32-2)22(28)20-21(16-5-7-25-8-6-16)27(24(30)23(20)29)10-9-26-11-13-33-14-12-26/h3-8,15,21,28H,9-14H2,1-2H3/t21-/m1/s1. The fourth-order valence-corrected chi connectivity index (χ4v) is 4.22. The molecule has 9 nitrogen and oxygen atoms in total. The summed E-state index contributed by atoms with van der Waals surface area (Å²) in [7, 11) is 3.00. The molecule has 2 aliphatic rings. The van der Waals surface area contributed by atoms with Gasteiger partial charge in [0.25, 0.3) is 11.7 Å². The van der Waals surface area contributed by atoms with Gasteiger partial charge >= 0.3 is 0 Å². The zero-order valence-electron chi connectivity index (χ0n) is 18.7. The van der Waals surface area contributed by atoms with Crippen LogP contribution in [0.5, 0.6) is 11.5 Å². The van der Waals surface area contributed by atoms with Gasteiger partial charge in [0.1, 0.15) is 5.76 Å². The first kappa shape index (κ1) is 22.8. The first-order chi connectivity index (χ1) is 16.0. The van der Waals surface area contributed by atoms with Crippen LogP contribution in [0.1, 0.15) is 17.2 Å². The first-order valence-corrected chi connectivity index (χ1v) is 10.8. The van der Waals surface area contributed by atoms with Crippen LogP contribution < -0.4 is 9.47 Å². The van der Waals surface area contributed by atoms with Gasteiger partial charge in [-0.2, -0.15) is 0 Å². The summed E-state index contributed by atoms with van der Waals surface area (Å²) in [5, 5.41) is 11.2. The fraction of sp³-hybridized carbons (Fsp3) is 0.375. The Morgan fingerprint density at radius 1 is 1.06 bits per heavy atom. The second kappa shape index (κ2) is 10.0. The number of rotatable bonds is 7. The lowest BCUT2D eigenvalue weighted by Gasteiger charge is -2.31. The van der Waals surface area contributed by atoms with E-state index in [0.29, 0.717) is 48.9 Å². The molecule has 0 unspecified atom stereocenters. The Morgan fingerprint density at radius 3 is 2.42 bits per heavy atom. The van der Waals surface area contributed by atoms with Gasteiger partial charge in [-0.3, -0.25) is 19.5 Å². The van der Waals surface area contributed by atoms with Gasteiger partial charge in [-0.1, -0.05) is 0 Å². The van der Waals surface area contributed by atoms with Crippen molar-refractivity contribution in [1.82, 2.24) is 14.8 Å². The minimum atomic E-state index is -0.720. The van der Waals surface area contributed by atoms with E-state index in [2.05, 4.69) is 9.88 Å². The number of carbonyl (C=O) groups excluding carboxylic acids is 2. The van der Waals surface area contributed by atoms with Gasteiger partial charge in [-0.15, -0.1) is 0 Å². The van der Waals surface area contributed by atoms with Crippen molar-refractivity contribution in [1.29, 1.82) is 0 Å². The van der Waals surface area contributed by atoms with Crippen LogP contribution in [0.15, 0.2) is 48.3 Å². The number of pyridine rings is 1. The Bertz CT molecular complexity index is 1050. The van der Waals surface area contributed by atoms with E-state index in [1.807, 2.05) is 0 Å². The largest absolute Gasteiger partial charge is 0.507 e. The van der Waals surface area contributed by atoms with Crippen molar-refractivity contribution < 1.29 is 28.9 Å². The van der Waals surface area contributed by atoms with Crippen molar-refractivity contribution in [3.8, 4) is 11.5 Å². The number of ether oxygens (including phenoxy) is 3. The summed E-state index contributed by atoms with van der Waals surface area (Å²) in [6, 6.07) is 7.63. The molecule has 0 radical (unpaired) electrons. The van der Waals surface area contributed by atoms with E-state index in [-0.39, 0.29) is 11.3 Å². The van der Waals surface area contributed by atoms with Crippen molar-refractivity contribution in [2.24, 2.45) is 0 Å². The molecule has 1 N–H and O–H groups in total. The average Bonchev–Trinajstić information content (AvgIpc) is 3.12. The number of nitrogens with zero attached hydrogens (tertiary/aromatic N) is 3. The van der Waals surface area contributed by atoms with Crippen LogP contribution in [0, 0.1) is 0 Å². The summed E-state index contributed by atoms with van der Waals surface area (Å²) in [6.07, 6.45) is 3.21. The molecule has 3 heterocycles. The summed E-state index contributed by atoms with van der Waals surface area (Å²) in [5.74, 6) is -0.711. The molecule has 0 aliphatic carbocycles. The fourth-order valence-electron chi connectivity index (χ4n) is 4.22. The van der Waals surface area contributed by atoms with Crippen molar-refractivity contribution in [3.63, 3.8) is 0 Å². The lowest BCUT2D eigenvalue weighted by atomic mass is 9.96. The van der Waals surface area contributed by atoms with Gasteiger partial charge in [-0.05, 0) is 35.9 Å². The number of Topliss-reactive ketones (excluding diaryl/α,β-unsaturated/α-hetero) is 1. The van der Waals surface area contributed by atoms with E-state index in [9.17, 15) is 14.7 Å². The van der Waals surface area contributed by atoms with Crippen LogP contribution in [0.4, 0.5) is 0 Å². The van der Waals surface area contributed by atoms with Crippen molar-refractivity contribution in [2.75, 3.05) is 53.6 Å². The number of aliphatic hydroxyl groups is 1. The Morgan fingerprint density at radius 2 is 1.76 bits per heavy atom. The molecule has 9 heteroatoms. The number of hydrogen-bond donors (Lipinski definition) is 1. The molecule has 1 aromatic carbocycles. The Balaban J connectivity index is 1.73. The molecule has 1 aromatic heterocycles. The number of amides is 1. The third-order valence-electron chi connectivity index (χ3n) is 5.98. The molecule has 33 heavy (non-hydrogen) atoms. The molecule has 0 saturated carbocycles. The SMILES string of the molecule is COc1ccc(C(O)=C2C(=O)C(=O)N(CCN3CCOCC3)[C@@H]2c2ccncc2)cc1OC. The maximum atomic E-state index is 13.1. The number of ketones is 1. The van der Waals surface area contributed by atoms with Crippen molar-refractivity contribution >= 4 is 17.4 Å². The second-order valence-electron chi connectivity index (χ2n) is 7.80. The number of aliphatic hydroxyl groups excluding tert-OH is 1. The summed E-state index contributed by atoms with van der Waals surface area (Å²) in [4.78, 5) is 34.0. The lowest BCUT2D eigenvalue weighted by Crippen LogP contribution is -2.42. The smallest absolute Gasteiger partial charge is 0.295 e. The van der Waals surface area contributed by atoms with Gasteiger partial charge in [0.05, 0.1) is 39.0 Å². The van der Waals surface area contributed by atoms with Gasteiger partial charge in [-0.25, -0.2) is 0 Å². The maximum absolute atomic E-state index is 13.1. The van der Waals surface area contributed by atoms with Crippen LogP contribution in [0.2, 0.25) is 0 Å². The Labute approximate surface area is 192 Å². The third-order valence-corrected chi connectivity index (χ3v) is 5.98. The zero-order valence-corrected chi connectivity index (χ0v) is 18.7. The minimum Gasteiger partial charge on any atom is -0.507 e. The molecule has 0 spiro atoms. The van der Waals surface area contributed by atoms with Gasteiger partial charge in [0.2, 0.25) is 0 Å². The molecule has 1 amide bonds. The minimum absolute atomic E-state index is 0.0420. The van der Waals surface area contributed by atoms with E-state index in [1.54, 1.807) is 42.7 Å². The molecule has 2 saturated heterocycles. The highest BCUT2D eigenvalue weighted by molar-refractivity contribution is 6.46. The number of carbonyl (C=O) groups is 2. The predicted octanol–water partition coefficient (Wildman–Crippen LogP) is 1.85. The van der Waals surface area contributed by atoms with Crippen molar-refractivity contribution in [2.45, 2.75) is 6.04 Å². The predicted molar refractivity (Wildman–Crippen MR) is 120 cm³/mol. The maximum Gasteiger partial charge on any atom is 0.295 e. The number of hydrogen-bond acceptors (Lipinski definition) is 8. The molecule has 2 fully saturated rings. The highest BCUT2D eigenvalue weighted by atomic mass is 16.5. The number of morpholine rings is 1. The monoisotopic (exact) mass is 453 g/mol. The molecule has 4 rings (SSSR count). The van der Waals surface area contributed by atoms with E-state index < -0.39 is 17.7 Å². The van der Waals surface area contributed by atoms with Crippen LogP contribution in [-0.2, 0) is 14.3 Å². The van der Waals surface area contributed by atoms with E-state index >= 15 is 0 Å². The first-order valence-electron chi connectivity index (χ1n) is 10.8.